The standard InChI is InChI=1S/C19H15ClN4/c1-13-5-11-16(12-6-13)21-19-22-18-4-2-3-17(24(18)23-19)14-7-9-15(20)10-8-14/h2-12H,1H3,(H,21,23). The fourth-order valence-electron chi connectivity index (χ4n) is 2.56. The quantitative estimate of drug-likeness (QED) is 0.566. The van der Waals surface area contributed by atoms with E-state index < -0.39 is 0 Å². The molecule has 0 aliphatic carbocycles. The molecule has 0 aliphatic rings. The molecular formula is C19H15ClN4. The Hall–Kier alpha value is -2.85. The molecule has 0 radical (unpaired) electrons. The van der Waals surface area contributed by atoms with Gasteiger partial charge in [0, 0.05) is 16.3 Å². The number of aryl methyl sites for hydroxylation is 1. The van der Waals surface area contributed by atoms with Gasteiger partial charge in [-0.25, -0.2) is 4.52 Å². The molecule has 0 atom stereocenters. The molecule has 0 bridgehead atoms. The molecule has 24 heavy (non-hydrogen) atoms. The first-order chi connectivity index (χ1) is 11.7. The van der Waals surface area contributed by atoms with E-state index in [1.807, 2.05) is 59.1 Å². The second kappa shape index (κ2) is 5.98. The second-order valence-electron chi connectivity index (χ2n) is 5.61. The van der Waals surface area contributed by atoms with Crippen molar-refractivity contribution in [1.82, 2.24) is 14.6 Å². The van der Waals surface area contributed by atoms with Crippen molar-refractivity contribution in [3.63, 3.8) is 0 Å². The summed E-state index contributed by atoms with van der Waals surface area (Å²) in [5.74, 6) is 0.570. The van der Waals surface area contributed by atoms with E-state index in [2.05, 4.69) is 34.5 Å². The van der Waals surface area contributed by atoms with Crippen molar-refractivity contribution < 1.29 is 0 Å². The summed E-state index contributed by atoms with van der Waals surface area (Å²) in [7, 11) is 0. The molecule has 4 aromatic rings. The van der Waals surface area contributed by atoms with Gasteiger partial charge < -0.3 is 5.32 Å². The molecule has 0 spiro atoms. The summed E-state index contributed by atoms with van der Waals surface area (Å²) in [5.41, 5.74) is 4.97. The minimum Gasteiger partial charge on any atom is -0.323 e. The van der Waals surface area contributed by atoms with Gasteiger partial charge in [0.25, 0.3) is 0 Å². The molecule has 1 N–H and O–H groups in total. The molecule has 5 heteroatoms. The number of rotatable bonds is 3. The number of anilines is 2. The highest BCUT2D eigenvalue weighted by Gasteiger charge is 2.09. The van der Waals surface area contributed by atoms with Crippen LogP contribution < -0.4 is 5.32 Å². The van der Waals surface area contributed by atoms with Gasteiger partial charge in [-0.1, -0.05) is 47.5 Å². The Bertz CT molecular complexity index is 988. The van der Waals surface area contributed by atoms with Gasteiger partial charge in [-0.2, -0.15) is 4.98 Å². The predicted octanol–water partition coefficient (Wildman–Crippen LogP) is 5.10. The first kappa shape index (κ1) is 14.7. The largest absolute Gasteiger partial charge is 0.323 e. The molecule has 0 amide bonds. The topological polar surface area (TPSA) is 42.2 Å². The Morgan fingerprint density at radius 3 is 2.42 bits per heavy atom. The number of hydrogen-bond donors (Lipinski definition) is 1. The summed E-state index contributed by atoms with van der Waals surface area (Å²) in [6, 6.07) is 21.8. The Kier molecular flexibility index (Phi) is 3.67. The number of aromatic nitrogens is 3. The minimum absolute atomic E-state index is 0.570. The lowest BCUT2D eigenvalue weighted by Crippen LogP contribution is -1.95. The third kappa shape index (κ3) is 2.84. The number of halogens is 1. The first-order valence-electron chi connectivity index (χ1n) is 7.64. The van der Waals surface area contributed by atoms with Gasteiger partial charge in [0.15, 0.2) is 5.65 Å². The summed E-state index contributed by atoms with van der Waals surface area (Å²) in [6.45, 7) is 2.06. The zero-order chi connectivity index (χ0) is 16.5. The van der Waals surface area contributed by atoms with E-state index in [9.17, 15) is 0 Å². The van der Waals surface area contributed by atoms with Crippen molar-refractivity contribution in [1.29, 1.82) is 0 Å². The zero-order valence-corrected chi connectivity index (χ0v) is 13.8. The van der Waals surface area contributed by atoms with E-state index in [1.165, 1.54) is 5.56 Å². The normalized spacial score (nSPS) is 10.9. The van der Waals surface area contributed by atoms with Crippen LogP contribution in [0.4, 0.5) is 11.6 Å². The number of benzene rings is 2. The van der Waals surface area contributed by atoms with E-state index in [4.69, 9.17) is 11.6 Å². The fraction of sp³-hybridized carbons (Fsp3) is 0.0526. The molecule has 2 aromatic heterocycles. The Labute approximate surface area is 144 Å². The van der Waals surface area contributed by atoms with E-state index in [0.717, 1.165) is 22.6 Å². The molecule has 0 unspecified atom stereocenters. The highest BCUT2D eigenvalue weighted by atomic mass is 35.5. The first-order valence-corrected chi connectivity index (χ1v) is 8.02. The monoisotopic (exact) mass is 334 g/mol. The fourth-order valence-corrected chi connectivity index (χ4v) is 2.69. The number of hydrogen-bond acceptors (Lipinski definition) is 3. The van der Waals surface area contributed by atoms with Crippen LogP contribution in [0.25, 0.3) is 16.9 Å². The van der Waals surface area contributed by atoms with Crippen molar-refractivity contribution in [2.24, 2.45) is 0 Å². The molecule has 4 nitrogen and oxygen atoms in total. The van der Waals surface area contributed by atoms with Gasteiger partial charge in [0.1, 0.15) is 0 Å². The molecule has 4 rings (SSSR count). The Balaban J connectivity index is 1.74. The van der Waals surface area contributed by atoms with Gasteiger partial charge in [-0.3, -0.25) is 0 Å². The van der Waals surface area contributed by atoms with E-state index in [1.54, 1.807) is 0 Å². The zero-order valence-electron chi connectivity index (χ0n) is 13.1. The second-order valence-corrected chi connectivity index (χ2v) is 6.05. The Morgan fingerprint density at radius 2 is 1.67 bits per heavy atom. The van der Waals surface area contributed by atoms with Gasteiger partial charge in [0.05, 0.1) is 5.69 Å². The lowest BCUT2D eigenvalue weighted by atomic mass is 10.1. The minimum atomic E-state index is 0.570. The number of nitrogens with one attached hydrogen (secondary N) is 1. The van der Waals surface area contributed by atoms with Crippen LogP contribution in [0, 0.1) is 6.92 Å². The van der Waals surface area contributed by atoms with Crippen LogP contribution in [0.15, 0.2) is 66.7 Å². The van der Waals surface area contributed by atoms with Gasteiger partial charge >= 0.3 is 0 Å². The van der Waals surface area contributed by atoms with Gasteiger partial charge in [0.2, 0.25) is 5.95 Å². The van der Waals surface area contributed by atoms with Crippen molar-refractivity contribution >= 4 is 28.9 Å². The van der Waals surface area contributed by atoms with Gasteiger partial charge in [-0.15, -0.1) is 5.10 Å². The lowest BCUT2D eigenvalue weighted by molar-refractivity contribution is 0.973. The Morgan fingerprint density at radius 1 is 0.917 bits per heavy atom. The highest BCUT2D eigenvalue weighted by molar-refractivity contribution is 6.30. The van der Waals surface area contributed by atoms with Crippen LogP contribution in [0.5, 0.6) is 0 Å². The van der Waals surface area contributed by atoms with Crippen LogP contribution in [0.2, 0.25) is 5.02 Å². The molecule has 118 valence electrons. The maximum Gasteiger partial charge on any atom is 0.247 e. The predicted molar refractivity (Wildman–Crippen MR) is 97.9 cm³/mol. The molecule has 2 aromatic carbocycles. The number of pyridine rings is 1. The maximum absolute atomic E-state index is 5.98. The van der Waals surface area contributed by atoms with Crippen molar-refractivity contribution in [2.75, 3.05) is 5.32 Å². The van der Waals surface area contributed by atoms with Gasteiger partial charge in [-0.05, 0) is 43.3 Å². The third-order valence-electron chi connectivity index (χ3n) is 3.81. The average Bonchev–Trinajstić information content (AvgIpc) is 3.00. The van der Waals surface area contributed by atoms with Crippen LogP contribution in [-0.2, 0) is 0 Å². The maximum atomic E-state index is 5.98. The molecule has 2 heterocycles. The summed E-state index contributed by atoms with van der Waals surface area (Å²) in [4.78, 5) is 4.55. The van der Waals surface area contributed by atoms with Crippen LogP contribution in [0.1, 0.15) is 5.56 Å². The third-order valence-corrected chi connectivity index (χ3v) is 4.06. The van der Waals surface area contributed by atoms with Crippen LogP contribution in [-0.4, -0.2) is 14.6 Å². The number of fused-ring (bicyclic) bond motifs is 1. The van der Waals surface area contributed by atoms with E-state index >= 15 is 0 Å². The summed E-state index contributed by atoms with van der Waals surface area (Å²) in [5, 5.41) is 8.55. The molecular weight excluding hydrogens is 320 g/mol. The van der Waals surface area contributed by atoms with Crippen molar-refractivity contribution in [3.8, 4) is 11.3 Å². The summed E-state index contributed by atoms with van der Waals surface area (Å²) < 4.78 is 1.83. The molecule has 0 saturated carbocycles. The molecule has 0 aliphatic heterocycles. The summed E-state index contributed by atoms with van der Waals surface area (Å²) >= 11 is 5.98. The van der Waals surface area contributed by atoms with E-state index in [-0.39, 0.29) is 0 Å². The van der Waals surface area contributed by atoms with Crippen LogP contribution in [0.3, 0.4) is 0 Å². The molecule has 0 saturated heterocycles. The SMILES string of the molecule is Cc1ccc(Nc2nc3cccc(-c4ccc(Cl)cc4)n3n2)cc1. The van der Waals surface area contributed by atoms with Crippen molar-refractivity contribution in [3.05, 3.63) is 77.3 Å². The van der Waals surface area contributed by atoms with Crippen LogP contribution >= 0.6 is 11.6 Å². The molecule has 0 fully saturated rings. The lowest BCUT2D eigenvalue weighted by Gasteiger charge is -2.04. The highest BCUT2D eigenvalue weighted by Crippen LogP contribution is 2.23. The summed E-state index contributed by atoms with van der Waals surface area (Å²) in [6.07, 6.45) is 0. The van der Waals surface area contributed by atoms with E-state index in [0.29, 0.717) is 11.0 Å². The van der Waals surface area contributed by atoms with Crippen molar-refractivity contribution in [2.45, 2.75) is 6.92 Å². The smallest absolute Gasteiger partial charge is 0.247 e. The number of nitrogens with zero attached hydrogens (tertiary/aromatic N) is 3. The average molecular weight is 335 g/mol.